The summed E-state index contributed by atoms with van der Waals surface area (Å²) < 4.78 is 2.06. The second kappa shape index (κ2) is 7.31. The van der Waals surface area contributed by atoms with Crippen LogP contribution in [0.3, 0.4) is 0 Å². The van der Waals surface area contributed by atoms with Gasteiger partial charge >= 0.3 is 0 Å². The molecule has 0 spiro atoms. The van der Waals surface area contributed by atoms with Crippen molar-refractivity contribution in [2.45, 2.75) is 53.0 Å². The summed E-state index contributed by atoms with van der Waals surface area (Å²) in [5.41, 5.74) is 4.87. The monoisotopic (exact) mass is 311 g/mol. The van der Waals surface area contributed by atoms with Gasteiger partial charge in [-0.2, -0.15) is 5.10 Å². The van der Waals surface area contributed by atoms with E-state index < -0.39 is 0 Å². The van der Waals surface area contributed by atoms with Gasteiger partial charge in [0.15, 0.2) is 0 Å². The van der Waals surface area contributed by atoms with Gasteiger partial charge < -0.3 is 5.32 Å². The number of nitrogens with zero attached hydrogens (tertiary/aromatic N) is 2. The molecule has 1 aliphatic carbocycles. The Labute approximate surface area is 140 Å². The molecular weight excluding hydrogens is 282 g/mol. The molecule has 0 radical (unpaired) electrons. The second-order valence-corrected chi connectivity index (χ2v) is 7.15. The zero-order chi connectivity index (χ0) is 16.2. The zero-order valence-electron chi connectivity index (χ0n) is 14.7. The summed E-state index contributed by atoms with van der Waals surface area (Å²) in [4.78, 5) is 0. The summed E-state index contributed by atoms with van der Waals surface area (Å²) in [6, 6.07) is 10.4. The summed E-state index contributed by atoms with van der Waals surface area (Å²) in [5, 5.41) is 8.41. The Kier molecular flexibility index (Phi) is 5.16. The van der Waals surface area contributed by atoms with Gasteiger partial charge in [-0.3, -0.25) is 0 Å². The van der Waals surface area contributed by atoms with Gasteiger partial charge in [-0.1, -0.05) is 38.0 Å². The van der Waals surface area contributed by atoms with Crippen molar-refractivity contribution in [3.63, 3.8) is 0 Å². The van der Waals surface area contributed by atoms with E-state index in [0.29, 0.717) is 0 Å². The molecule has 0 bridgehead atoms. The van der Waals surface area contributed by atoms with E-state index >= 15 is 0 Å². The summed E-state index contributed by atoms with van der Waals surface area (Å²) in [6.07, 6.45) is 5.57. The van der Waals surface area contributed by atoms with Crippen LogP contribution in [0.5, 0.6) is 0 Å². The largest absolute Gasteiger partial charge is 0.312 e. The van der Waals surface area contributed by atoms with Crippen LogP contribution in [-0.2, 0) is 6.54 Å². The Morgan fingerprint density at radius 3 is 2.48 bits per heavy atom. The van der Waals surface area contributed by atoms with E-state index in [0.717, 1.165) is 36.3 Å². The van der Waals surface area contributed by atoms with Crippen molar-refractivity contribution in [3.8, 4) is 5.69 Å². The molecule has 0 amide bonds. The average Bonchev–Trinajstić information content (AvgIpc) is 2.85. The summed E-state index contributed by atoms with van der Waals surface area (Å²) >= 11 is 0. The van der Waals surface area contributed by atoms with Gasteiger partial charge in [0, 0.05) is 17.8 Å². The molecule has 1 aromatic heterocycles. The van der Waals surface area contributed by atoms with Crippen molar-refractivity contribution in [2.24, 2.45) is 11.8 Å². The van der Waals surface area contributed by atoms with E-state index in [1.165, 1.54) is 36.9 Å². The van der Waals surface area contributed by atoms with Crippen molar-refractivity contribution < 1.29 is 0 Å². The van der Waals surface area contributed by atoms with Crippen molar-refractivity contribution in [3.05, 3.63) is 47.3 Å². The van der Waals surface area contributed by atoms with Gasteiger partial charge in [0.2, 0.25) is 0 Å². The predicted molar refractivity (Wildman–Crippen MR) is 95.9 cm³/mol. The summed E-state index contributed by atoms with van der Waals surface area (Å²) in [7, 11) is 0. The Morgan fingerprint density at radius 2 is 1.78 bits per heavy atom. The molecule has 1 saturated carbocycles. The van der Waals surface area contributed by atoms with Crippen LogP contribution in [0.1, 0.15) is 49.6 Å². The lowest BCUT2D eigenvalue weighted by Crippen LogP contribution is -2.26. The molecule has 1 aliphatic rings. The summed E-state index contributed by atoms with van der Waals surface area (Å²) in [6.45, 7) is 8.74. The maximum Gasteiger partial charge on any atom is 0.0648 e. The van der Waals surface area contributed by atoms with Crippen molar-refractivity contribution in [1.29, 1.82) is 0 Å². The first kappa shape index (κ1) is 16.3. The van der Waals surface area contributed by atoms with E-state index in [-0.39, 0.29) is 0 Å². The average molecular weight is 311 g/mol. The van der Waals surface area contributed by atoms with Crippen molar-refractivity contribution in [1.82, 2.24) is 15.1 Å². The molecule has 1 N–H and O–H groups in total. The smallest absolute Gasteiger partial charge is 0.0648 e. The lowest BCUT2D eigenvalue weighted by atomic mass is 9.83. The Balaban J connectivity index is 1.61. The van der Waals surface area contributed by atoms with E-state index in [1.54, 1.807) is 0 Å². The molecule has 2 aromatic rings. The fourth-order valence-corrected chi connectivity index (χ4v) is 3.69. The fraction of sp³-hybridized carbons (Fsp3) is 0.550. The van der Waals surface area contributed by atoms with Crippen LogP contribution in [0.15, 0.2) is 30.3 Å². The maximum absolute atomic E-state index is 4.73. The minimum absolute atomic E-state index is 0.857. The van der Waals surface area contributed by atoms with Crippen LogP contribution in [0.25, 0.3) is 5.69 Å². The first-order valence-electron chi connectivity index (χ1n) is 8.96. The predicted octanol–water partition coefficient (Wildman–Crippen LogP) is 4.41. The molecule has 0 atom stereocenters. The molecule has 3 rings (SSSR count). The van der Waals surface area contributed by atoms with Gasteiger partial charge in [-0.15, -0.1) is 0 Å². The zero-order valence-corrected chi connectivity index (χ0v) is 14.7. The molecule has 3 nitrogen and oxygen atoms in total. The van der Waals surface area contributed by atoms with E-state index in [2.05, 4.69) is 55.0 Å². The lowest BCUT2D eigenvalue weighted by molar-refractivity contribution is 0.281. The molecule has 0 saturated heterocycles. The third-order valence-corrected chi connectivity index (χ3v) is 5.31. The number of hydrogen-bond donors (Lipinski definition) is 1. The molecule has 0 unspecified atom stereocenters. The highest BCUT2D eigenvalue weighted by atomic mass is 15.3. The number of benzene rings is 1. The van der Waals surface area contributed by atoms with Crippen LogP contribution < -0.4 is 5.32 Å². The van der Waals surface area contributed by atoms with Gasteiger partial charge in [0.1, 0.15) is 0 Å². The molecular formula is C20H29N3. The molecule has 1 aromatic carbocycles. The molecule has 1 heterocycles. The van der Waals surface area contributed by atoms with E-state index in [4.69, 9.17) is 5.10 Å². The Bertz CT molecular complexity index is 622. The fourth-order valence-electron chi connectivity index (χ4n) is 3.69. The van der Waals surface area contributed by atoms with Crippen molar-refractivity contribution >= 4 is 0 Å². The maximum atomic E-state index is 4.73. The molecule has 23 heavy (non-hydrogen) atoms. The number of para-hydroxylation sites is 1. The highest BCUT2D eigenvalue weighted by Crippen LogP contribution is 2.27. The molecule has 0 aliphatic heterocycles. The number of hydrogen-bond acceptors (Lipinski definition) is 2. The number of rotatable bonds is 5. The van der Waals surface area contributed by atoms with E-state index in [1.807, 2.05) is 6.07 Å². The minimum Gasteiger partial charge on any atom is -0.312 e. The van der Waals surface area contributed by atoms with Gasteiger partial charge in [-0.25, -0.2) is 4.68 Å². The standard InChI is InChI=1S/C20H29N3/c1-15-9-11-18(12-10-15)13-21-14-20-16(2)22-23(17(20)3)19-7-5-4-6-8-19/h4-8,15,18,21H,9-14H2,1-3H3. The van der Waals surface area contributed by atoms with Crippen LogP contribution in [0, 0.1) is 25.7 Å². The van der Waals surface area contributed by atoms with Crippen LogP contribution >= 0.6 is 0 Å². The first-order chi connectivity index (χ1) is 11.1. The molecule has 1 fully saturated rings. The summed E-state index contributed by atoms with van der Waals surface area (Å²) in [5.74, 6) is 1.79. The van der Waals surface area contributed by atoms with E-state index in [9.17, 15) is 0 Å². The Hall–Kier alpha value is -1.61. The minimum atomic E-state index is 0.857. The van der Waals surface area contributed by atoms with Gasteiger partial charge in [0.25, 0.3) is 0 Å². The number of nitrogens with one attached hydrogen (secondary N) is 1. The first-order valence-corrected chi connectivity index (χ1v) is 8.96. The van der Waals surface area contributed by atoms with Crippen LogP contribution in [-0.4, -0.2) is 16.3 Å². The topological polar surface area (TPSA) is 29.9 Å². The molecule has 124 valence electrons. The SMILES string of the molecule is Cc1nn(-c2ccccc2)c(C)c1CNCC1CCC(C)CC1. The number of aryl methyl sites for hydroxylation is 1. The van der Waals surface area contributed by atoms with Crippen molar-refractivity contribution in [2.75, 3.05) is 6.54 Å². The second-order valence-electron chi connectivity index (χ2n) is 7.15. The highest BCUT2D eigenvalue weighted by Gasteiger charge is 2.18. The normalized spacial score (nSPS) is 21.5. The van der Waals surface area contributed by atoms with Gasteiger partial charge in [0.05, 0.1) is 11.4 Å². The quantitative estimate of drug-likeness (QED) is 0.886. The Morgan fingerprint density at radius 1 is 1.09 bits per heavy atom. The molecule has 3 heteroatoms. The lowest BCUT2D eigenvalue weighted by Gasteiger charge is -2.26. The highest BCUT2D eigenvalue weighted by molar-refractivity contribution is 5.36. The number of aromatic nitrogens is 2. The third-order valence-electron chi connectivity index (χ3n) is 5.31. The third kappa shape index (κ3) is 3.84. The van der Waals surface area contributed by atoms with Crippen LogP contribution in [0.4, 0.5) is 0 Å². The van der Waals surface area contributed by atoms with Crippen LogP contribution in [0.2, 0.25) is 0 Å². The van der Waals surface area contributed by atoms with Gasteiger partial charge in [-0.05, 0) is 57.2 Å².